The van der Waals surface area contributed by atoms with Gasteiger partial charge in [0.05, 0.1) is 11.9 Å². The Morgan fingerprint density at radius 3 is 3.05 bits per heavy atom. The van der Waals surface area contributed by atoms with Crippen molar-refractivity contribution in [2.45, 2.75) is 25.8 Å². The van der Waals surface area contributed by atoms with E-state index in [0.29, 0.717) is 6.04 Å². The van der Waals surface area contributed by atoms with Crippen molar-refractivity contribution in [1.82, 2.24) is 14.8 Å². The SMILES string of the molecule is Cc1cc(NC2CCCN(c3cnn(C)c3)C2)ccn1. The molecule has 1 fully saturated rings. The molecule has 0 bridgehead atoms. The van der Waals surface area contributed by atoms with Gasteiger partial charge in [-0.1, -0.05) is 0 Å². The Hall–Kier alpha value is -2.04. The van der Waals surface area contributed by atoms with Crippen LogP contribution in [0.1, 0.15) is 18.5 Å². The first-order valence-electron chi connectivity index (χ1n) is 7.13. The number of hydrogen-bond donors (Lipinski definition) is 1. The minimum Gasteiger partial charge on any atom is -0.380 e. The first-order valence-corrected chi connectivity index (χ1v) is 7.13. The van der Waals surface area contributed by atoms with Crippen molar-refractivity contribution < 1.29 is 0 Å². The fourth-order valence-electron chi connectivity index (χ4n) is 2.77. The van der Waals surface area contributed by atoms with Gasteiger partial charge in [0.2, 0.25) is 0 Å². The molecule has 3 heterocycles. The lowest BCUT2D eigenvalue weighted by Gasteiger charge is -2.34. The normalized spacial score (nSPS) is 19.1. The number of piperidine rings is 1. The molecular weight excluding hydrogens is 250 g/mol. The zero-order chi connectivity index (χ0) is 13.9. The molecule has 0 radical (unpaired) electrons. The Bertz CT molecular complexity index is 577. The van der Waals surface area contributed by atoms with E-state index in [1.54, 1.807) is 0 Å². The van der Waals surface area contributed by atoms with Gasteiger partial charge in [0.15, 0.2) is 0 Å². The van der Waals surface area contributed by atoms with Crippen molar-refractivity contribution in [2.24, 2.45) is 7.05 Å². The highest BCUT2D eigenvalue weighted by molar-refractivity contribution is 5.47. The largest absolute Gasteiger partial charge is 0.380 e. The van der Waals surface area contributed by atoms with Crippen molar-refractivity contribution in [1.29, 1.82) is 0 Å². The van der Waals surface area contributed by atoms with E-state index in [2.05, 4.69) is 32.6 Å². The second kappa shape index (κ2) is 5.53. The van der Waals surface area contributed by atoms with E-state index in [1.807, 2.05) is 37.1 Å². The number of pyridine rings is 1. The van der Waals surface area contributed by atoms with Crippen molar-refractivity contribution in [3.63, 3.8) is 0 Å². The number of aryl methyl sites for hydroxylation is 2. The van der Waals surface area contributed by atoms with Gasteiger partial charge in [0.1, 0.15) is 0 Å². The summed E-state index contributed by atoms with van der Waals surface area (Å²) in [5, 5.41) is 7.88. The average molecular weight is 271 g/mol. The van der Waals surface area contributed by atoms with E-state index in [1.165, 1.54) is 18.5 Å². The van der Waals surface area contributed by atoms with E-state index < -0.39 is 0 Å². The summed E-state index contributed by atoms with van der Waals surface area (Å²) in [7, 11) is 1.96. The minimum atomic E-state index is 0.478. The molecule has 1 aliphatic rings. The third-order valence-corrected chi connectivity index (χ3v) is 3.75. The standard InChI is InChI=1S/C15H21N5/c1-12-8-13(5-6-16-12)18-14-4-3-7-20(10-14)15-9-17-19(2)11-15/h5-6,8-9,11,14H,3-4,7,10H2,1-2H3,(H,16,18). The molecule has 2 aromatic heterocycles. The Morgan fingerprint density at radius 2 is 2.30 bits per heavy atom. The van der Waals surface area contributed by atoms with Crippen molar-refractivity contribution >= 4 is 11.4 Å². The number of nitrogens with one attached hydrogen (secondary N) is 1. The molecule has 1 saturated heterocycles. The predicted octanol–water partition coefficient (Wildman–Crippen LogP) is 2.20. The molecule has 1 unspecified atom stereocenters. The quantitative estimate of drug-likeness (QED) is 0.929. The number of nitrogens with zero attached hydrogens (tertiary/aromatic N) is 4. The van der Waals surface area contributed by atoms with Crippen LogP contribution in [0.2, 0.25) is 0 Å². The number of hydrogen-bond acceptors (Lipinski definition) is 4. The predicted molar refractivity (Wildman–Crippen MR) is 81.0 cm³/mol. The lowest BCUT2D eigenvalue weighted by Crippen LogP contribution is -2.42. The third-order valence-electron chi connectivity index (χ3n) is 3.75. The van der Waals surface area contributed by atoms with Gasteiger partial charge in [-0.2, -0.15) is 5.10 Å². The highest BCUT2D eigenvalue weighted by Crippen LogP contribution is 2.21. The zero-order valence-electron chi connectivity index (χ0n) is 12.1. The molecule has 0 amide bonds. The van der Waals surface area contributed by atoms with Gasteiger partial charge in [-0.05, 0) is 31.9 Å². The monoisotopic (exact) mass is 271 g/mol. The number of aromatic nitrogens is 3. The van der Waals surface area contributed by atoms with Gasteiger partial charge in [-0.3, -0.25) is 9.67 Å². The molecule has 20 heavy (non-hydrogen) atoms. The Morgan fingerprint density at radius 1 is 1.40 bits per heavy atom. The maximum Gasteiger partial charge on any atom is 0.0753 e. The molecule has 0 aromatic carbocycles. The third kappa shape index (κ3) is 2.92. The molecule has 0 saturated carbocycles. The molecule has 5 nitrogen and oxygen atoms in total. The highest BCUT2D eigenvalue weighted by Gasteiger charge is 2.20. The van der Waals surface area contributed by atoms with Crippen molar-refractivity contribution in [2.75, 3.05) is 23.3 Å². The van der Waals surface area contributed by atoms with Gasteiger partial charge in [-0.25, -0.2) is 0 Å². The summed E-state index contributed by atoms with van der Waals surface area (Å²) < 4.78 is 1.86. The van der Waals surface area contributed by atoms with E-state index in [4.69, 9.17) is 0 Å². The van der Waals surface area contributed by atoms with Crippen LogP contribution in [-0.4, -0.2) is 33.9 Å². The molecule has 0 spiro atoms. The first-order chi connectivity index (χ1) is 9.70. The Labute approximate surface area is 119 Å². The maximum atomic E-state index is 4.26. The maximum absolute atomic E-state index is 4.26. The van der Waals surface area contributed by atoms with Crippen LogP contribution in [0.4, 0.5) is 11.4 Å². The second-order valence-electron chi connectivity index (χ2n) is 5.49. The van der Waals surface area contributed by atoms with E-state index >= 15 is 0 Å². The molecule has 1 atom stereocenters. The van der Waals surface area contributed by atoms with Crippen LogP contribution < -0.4 is 10.2 Å². The lowest BCUT2D eigenvalue weighted by molar-refractivity contribution is 0.530. The van der Waals surface area contributed by atoms with E-state index in [9.17, 15) is 0 Å². The van der Waals surface area contributed by atoms with Crippen LogP contribution in [0.15, 0.2) is 30.7 Å². The zero-order valence-corrected chi connectivity index (χ0v) is 12.1. The number of anilines is 2. The van der Waals surface area contributed by atoms with Crippen LogP contribution in [0.25, 0.3) is 0 Å². The smallest absolute Gasteiger partial charge is 0.0753 e. The fraction of sp³-hybridized carbons (Fsp3) is 0.467. The molecule has 106 valence electrons. The number of rotatable bonds is 3. The van der Waals surface area contributed by atoms with Gasteiger partial charge in [0.25, 0.3) is 0 Å². The fourth-order valence-corrected chi connectivity index (χ4v) is 2.77. The van der Waals surface area contributed by atoms with Crippen LogP contribution in [-0.2, 0) is 7.05 Å². The van der Waals surface area contributed by atoms with E-state index in [0.717, 1.165) is 24.5 Å². The average Bonchev–Trinajstić information content (AvgIpc) is 2.86. The molecule has 0 aliphatic carbocycles. The van der Waals surface area contributed by atoms with Gasteiger partial charge < -0.3 is 10.2 Å². The summed E-state index contributed by atoms with van der Waals surface area (Å²) >= 11 is 0. The van der Waals surface area contributed by atoms with Crippen LogP contribution >= 0.6 is 0 Å². The topological polar surface area (TPSA) is 46.0 Å². The summed E-state index contributed by atoms with van der Waals surface area (Å²) in [6.07, 6.45) is 8.30. The van der Waals surface area contributed by atoms with Gasteiger partial charge >= 0.3 is 0 Å². The summed E-state index contributed by atoms with van der Waals surface area (Å²) in [5.74, 6) is 0. The summed E-state index contributed by atoms with van der Waals surface area (Å²) in [6.45, 7) is 4.15. The van der Waals surface area contributed by atoms with Crippen molar-refractivity contribution in [3.8, 4) is 0 Å². The first kappa shape index (κ1) is 13.0. The Kier molecular flexibility index (Phi) is 3.58. The molecule has 3 rings (SSSR count). The second-order valence-corrected chi connectivity index (χ2v) is 5.49. The summed E-state index contributed by atoms with van der Waals surface area (Å²) in [5.41, 5.74) is 3.43. The van der Waals surface area contributed by atoms with Crippen LogP contribution in [0.5, 0.6) is 0 Å². The van der Waals surface area contributed by atoms with E-state index in [-0.39, 0.29) is 0 Å². The van der Waals surface area contributed by atoms with Gasteiger partial charge in [0, 0.05) is 50.0 Å². The highest BCUT2D eigenvalue weighted by atomic mass is 15.3. The molecule has 1 aliphatic heterocycles. The van der Waals surface area contributed by atoms with Crippen LogP contribution in [0, 0.1) is 6.92 Å². The molecule has 5 heteroatoms. The van der Waals surface area contributed by atoms with Crippen molar-refractivity contribution in [3.05, 3.63) is 36.4 Å². The molecule has 1 N–H and O–H groups in total. The molecule has 2 aromatic rings. The lowest BCUT2D eigenvalue weighted by atomic mass is 10.1. The Balaban J connectivity index is 1.66. The van der Waals surface area contributed by atoms with Crippen LogP contribution in [0.3, 0.4) is 0 Å². The molecular formula is C15H21N5. The summed E-state index contributed by atoms with van der Waals surface area (Å²) in [4.78, 5) is 6.64. The minimum absolute atomic E-state index is 0.478. The summed E-state index contributed by atoms with van der Waals surface area (Å²) in [6, 6.07) is 4.62. The van der Waals surface area contributed by atoms with Gasteiger partial charge in [-0.15, -0.1) is 0 Å².